The van der Waals surface area contributed by atoms with Gasteiger partial charge in [-0.15, -0.1) is 0 Å². The molecule has 22 heavy (non-hydrogen) atoms. The monoisotopic (exact) mass is 287 g/mol. The second-order valence-electron chi connectivity index (χ2n) is 4.79. The van der Waals surface area contributed by atoms with Gasteiger partial charge in [0.1, 0.15) is 17.5 Å². The fourth-order valence-electron chi connectivity index (χ4n) is 2.41. The predicted molar refractivity (Wildman–Crippen MR) is 86.4 cm³/mol. The number of nitrogens with one attached hydrogen (secondary N) is 1. The average molecular weight is 287 g/mol. The normalized spacial score (nSPS) is 11.5. The van der Waals surface area contributed by atoms with E-state index in [4.69, 9.17) is 0 Å². The molecule has 0 atom stereocenters. The zero-order chi connectivity index (χ0) is 14.8. The molecule has 1 aromatic carbocycles. The molecule has 106 valence electrons. The molecule has 0 saturated carbocycles. The molecule has 4 aromatic rings. The summed E-state index contributed by atoms with van der Waals surface area (Å²) in [4.78, 5) is 16.4. The first-order valence-electron chi connectivity index (χ1n) is 6.98. The summed E-state index contributed by atoms with van der Waals surface area (Å²) in [6, 6.07) is 13.9. The van der Waals surface area contributed by atoms with E-state index in [0.717, 1.165) is 28.5 Å². The minimum Gasteiger partial charge on any atom is -0.345 e. The van der Waals surface area contributed by atoms with E-state index in [1.54, 1.807) is 18.6 Å². The van der Waals surface area contributed by atoms with Crippen molar-refractivity contribution in [3.63, 3.8) is 0 Å². The maximum absolute atomic E-state index is 4.68. The molecule has 3 heterocycles. The molecule has 3 aromatic heterocycles. The van der Waals surface area contributed by atoms with E-state index in [0.29, 0.717) is 0 Å². The lowest BCUT2D eigenvalue weighted by Crippen LogP contribution is -1.99. The van der Waals surface area contributed by atoms with Crippen LogP contribution < -0.4 is 0 Å². The highest BCUT2D eigenvalue weighted by Gasteiger charge is 2.10. The fraction of sp³-hybridized carbons (Fsp3) is 0. The van der Waals surface area contributed by atoms with Crippen molar-refractivity contribution in [2.24, 2.45) is 0 Å². The van der Waals surface area contributed by atoms with E-state index in [2.05, 4.69) is 19.9 Å². The van der Waals surface area contributed by atoms with Crippen molar-refractivity contribution in [1.82, 2.24) is 24.5 Å². The van der Waals surface area contributed by atoms with Crippen LogP contribution in [0.1, 0.15) is 11.6 Å². The van der Waals surface area contributed by atoms with Crippen LogP contribution in [-0.4, -0.2) is 24.5 Å². The average Bonchev–Trinajstić information content (AvgIpc) is 3.21. The van der Waals surface area contributed by atoms with Gasteiger partial charge in [0.25, 0.3) is 0 Å². The fourth-order valence-corrected chi connectivity index (χ4v) is 2.41. The Hall–Kier alpha value is -3.21. The SMILES string of the molecule is C(=C\c1nc2ccccc2n1-c1ccccn1)/c1ncc[nH]1. The van der Waals surface area contributed by atoms with E-state index >= 15 is 0 Å². The molecular formula is C17H13N5. The molecule has 1 N–H and O–H groups in total. The van der Waals surface area contributed by atoms with Crippen molar-refractivity contribution in [3.05, 3.63) is 72.7 Å². The van der Waals surface area contributed by atoms with Crippen LogP contribution in [0.5, 0.6) is 0 Å². The number of aromatic amines is 1. The number of rotatable bonds is 3. The van der Waals surface area contributed by atoms with Gasteiger partial charge in [0.05, 0.1) is 11.0 Å². The first kappa shape index (κ1) is 12.5. The predicted octanol–water partition coefficient (Wildman–Crippen LogP) is 3.31. The van der Waals surface area contributed by atoms with Crippen LogP contribution in [0.25, 0.3) is 29.0 Å². The van der Waals surface area contributed by atoms with Gasteiger partial charge >= 0.3 is 0 Å². The minimum absolute atomic E-state index is 0.791. The number of para-hydroxylation sites is 2. The summed E-state index contributed by atoms with van der Waals surface area (Å²) in [6.07, 6.45) is 9.14. The summed E-state index contributed by atoms with van der Waals surface area (Å²) in [6.45, 7) is 0. The van der Waals surface area contributed by atoms with Gasteiger partial charge in [0.15, 0.2) is 0 Å². The number of benzene rings is 1. The lowest BCUT2D eigenvalue weighted by Gasteiger charge is -2.05. The number of H-pyrrole nitrogens is 1. The quantitative estimate of drug-likeness (QED) is 0.629. The van der Waals surface area contributed by atoms with Gasteiger partial charge in [-0.1, -0.05) is 18.2 Å². The Morgan fingerprint density at radius 1 is 0.909 bits per heavy atom. The number of nitrogens with zero attached hydrogens (tertiary/aromatic N) is 4. The first-order valence-corrected chi connectivity index (χ1v) is 6.98. The summed E-state index contributed by atoms with van der Waals surface area (Å²) in [5, 5.41) is 0. The van der Waals surface area contributed by atoms with Crippen LogP contribution in [0.15, 0.2) is 61.1 Å². The topological polar surface area (TPSA) is 59.4 Å². The first-order chi connectivity index (χ1) is 10.9. The van der Waals surface area contributed by atoms with Gasteiger partial charge in [-0.2, -0.15) is 0 Å². The molecule has 0 saturated heterocycles. The minimum atomic E-state index is 0.791. The van der Waals surface area contributed by atoms with Crippen molar-refractivity contribution in [3.8, 4) is 5.82 Å². The molecular weight excluding hydrogens is 274 g/mol. The summed E-state index contributed by atoms with van der Waals surface area (Å²) in [5.74, 6) is 2.45. The van der Waals surface area contributed by atoms with Crippen molar-refractivity contribution < 1.29 is 0 Å². The molecule has 0 unspecified atom stereocenters. The van der Waals surface area contributed by atoms with Gasteiger partial charge in [0, 0.05) is 18.6 Å². The third-order valence-electron chi connectivity index (χ3n) is 3.37. The van der Waals surface area contributed by atoms with Crippen LogP contribution in [0.3, 0.4) is 0 Å². The van der Waals surface area contributed by atoms with Gasteiger partial charge in [-0.3, -0.25) is 4.57 Å². The van der Waals surface area contributed by atoms with Gasteiger partial charge in [-0.25, -0.2) is 15.0 Å². The largest absolute Gasteiger partial charge is 0.345 e. The van der Waals surface area contributed by atoms with E-state index in [-0.39, 0.29) is 0 Å². The molecule has 0 bridgehead atoms. The van der Waals surface area contributed by atoms with E-state index in [1.165, 1.54) is 0 Å². The standard InChI is InChI=1S/C17H13N5/c1-2-6-14-13(5-1)21-17(9-8-15-18-11-12-19-15)22(14)16-7-3-4-10-20-16/h1-12H,(H,18,19)/b9-8+. The molecule has 0 amide bonds. The number of pyridine rings is 1. The highest BCUT2D eigenvalue weighted by molar-refractivity contribution is 5.81. The summed E-state index contributed by atoms with van der Waals surface area (Å²) >= 11 is 0. The highest BCUT2D eigenvalue weighted by atomic mass is 15.1. The van der Waals surface area contributed by atoms with Crippen molar-refractivity contribution in [2.75, 3.05) is 0 Å². The van der Waals surface area contributed by atoms with E-state index < -0.39 is 0 Å². The van der Waals surface area contributed by atoms with Crippen LogP contribution in [0.2, 0.25) is 0 Å². The molecule has 0 radical (unpaired) electrons. The Balaban J connectivity index is 1.90. The second kappa shape index (κ2) is 5.29. The number of imidazole rings is 2. The van der Waals surface area contributed by atoms with Crippen LogP contribution in [0.4, 0.5) is 0 Å². The highest BCUT2D eigenvalue weighted by Crippen LogP contribution is 2.21. The molecule has 4 rings (SSSR count). The van der Waals surface area contributed by atoms with Crippen molar-refractivity contribution in [2.45, 2.75) is 0 Å². The third-order valence-corrected chi connectivity index (χ3v) is 3.37. The number of aromatic nitrogens is 5. The Morgan fingerprint density at radius 3 is 2.64 bits per heavy atom. The summed E-state index contributed by atoms with van der Waals surface area (Å²) < 4.78 is 2.04. The zero-order valence-electron chi connectivity index (χ0n) is 11.7. The summed E-state index contributed by atoms with van der Waals surface area (Å²) in [5.41, 5.74) is 1.97. The van der Waals surface area contributed by atoms with Crippen molar-refractivity contribution >= 4 is 23.2 Å². The number of hydrogen-bond acceptors (Lipinski definition) is 3. The maximum Gasteiger partial charge on any atom is 0.139 e. The Bertz CT molecular complexity index is 920. The van der Waals surface area contributed by atoms with Gasteiger partial charge in [-0.05, 0) is 36.4 Å². The Morgan fingerprint density at radius 2 is 1.82 bits per heavy atom. The second-order valence-corrected chi connectivity index (χ2v) is 4.79. The number of hydrogen-bond donors (Lipinski definition) is 1. The lowest BCUT2D eigenvalue weighted by molar-refractivity contribution is 1.00. The molecule has 0 aliphatic rings. The van der Waals surface area contributed by atoms with Crippen LogP contribution >= 0.6 is 0 Å². The molecule has 0 aliphatic heterocycles. The van der Waals surface area contributed by atoms with Gasteiger partial charge in [0.2, 0.25) is 0 Å². The van der Waals surface area contributed by atoms with Crippen LogP contribution in [0, 0.1) is 0 Å². The smallest absolute Gasteiger partial charge is 0.139 e. The zero-order valence-corrected chi connectivity index (χ0v) is 11.7. The van der Waals surface area contributed by atoms with E-state index in [9.17, 15) is 0 Å². The Labute approximate surface area is 127 Å². The van der Waals surface area contributed by atoms with Gasteiger partial charge < -0.3 is 4.98 Å². The summed E-state index contributed by atoms with van der Waals surface area (Å²) in [7, 11) is 0. The molecule has 5 nitrogen and oxygen atoms in total. The molecule has 0 aliphatic carbocycles. The third kappa shape index (κ3) is 2.18. The maximum atomic E-state index is 4.68. The lowest BCUT2D eigenvalue weighted by atomic mass is 10.3. The van der Waals surface area contributed by atoms with Crippen molar-refractivity contribution in [1.29, 1.82) is 0 Å². The molecule has 0 fully saturated rings. The Kier molecular flexibility index (Phi) is 3.01. The van der Waals surface area contributed by atoms with Crippen LogP contribution in [-0.2, 0) is 0 Å². The molecule has 5 heteroatoms. The van der Waals surface area contributed by atoms with E-state index in [1.807, 2.05) is 59.2 Å². The number of fused-ring (bicyclic) bond motifs is 1. The molecule has 0 spiro atoms.